The molecule has 13 atom stereocenters. The number of aliphatic hydroxyl groups is 3. The molecule has 106 heavy (non-hydrogen) atoms. The van der Waals surface area contributed by atoms with E-state index in [9.17, 15) is 63.3 Å². The molecule has 4 aliphatic rings. The van der Waals surface area contributed by atoms with E-state index in [-0.39, 0.29) is 99.2 Å². The Kier molecular flexibility index (Phi) is 27.6. The number of nitrogens with zero attached hydrogens (tertiary/aromatic N) is 3. The van der Waals surface area contributed by atoms with Crippen LogP contribution in [0.25, 0.3) is 0 Å². The number of ketones is 3. The Morgan fingerprint density at radius 3 is 1.97 bits per heavy atom. The fraction of sp³-hybridized carbons (Fsp3) is 0.579. The quantitative estimate of drug-likeness (QED) is 0.0132. The number of ether oxygens (including phenoxy) is 6. The Morgan fingerprint density at radius 1 is 0.792 bits per heavy atom. The number of hydrogen-bond donors (Lipinski definition) is 9. The second-order valence-corrected chi connectivity index (χ2v) is 30.5. The minimum Gasteiger partial charge on any atom is -0.455 e. The van der Waals surface area contributed by atoms with Crippen molar-refractivity contribution in [2.45, 2.75) is 187 Å². The summed E-state index contributed by atoms with van der Waals surface area (Å²) in [5.41, 5.74) is -2.34. The normalized spacial score (nSPS) is 24.1. The van der Waals surface area contributed by atoms with Crippen molar-refractivity contribution in [3.05, 3.63) is 113 Å². The summed E-state index contributed by atoms with van der Waals surface area (Å²) in [7, 11) is 4.33. The van der Waals surface area contributed by atoms with Crippen LogP contribution < -0.4 is 32.3 Å². The van der Waals surface area contributed by atoms with Crippen molar-refractivity contribution >= 4 is 77.0 Å². The fourth-order valence-corrected chi connectivity index (χ4v) is 14.7. The van der Waals surface area contributed by atoms with E-state index in [1.807, 2.05) is 0 Å². The molecular weight excluding hydrogens is 1370 g/mol. The van der Waals surface area contributed by atoms with E-state index < -0.39 is 172 Å². The van der Waals surface area contributed by atoms with E-state index in [2.05, 4.69) is 26.6 Å². The lowest BCUT2D eigenvalue weighted by Gasteiger charge is -2.68. The van der Waals surface area contributed by atoms with Crippen LogP contribution in [-0.4, -0.2) is 221 Å². The van der Waals surface area contributed by atoms with Crippen LogP contribution in [0.2, 0.25) is 0 Å². The van der Waals surface area contributed by atoms with Crippen LogP contribution in [0.15, 0.2) is 96.1 Å². The van der Waals surface area contributed by atoms with Crippen molar-refractivity contribution < 1.29 is 101 Å². The molecule has 3 aromatic carbocycles. The molecule has 3 aliphatic carbocycles. The molecule has 0 aromatic heterocycles. The maximum Gasteiger partial charge on any atom is 0.410 e. The highest BCUT2D eigenvalue weighted by Crippen LogP contribution is 2.66. The number of Topliss-reactive ketones (excluding diaryl/α,β-unsaturated/α-hetero) is 3. The Hall–Kier alpha value is -9.36. The predicted molar refractivity (Wildman–Crippen MR) is 384 cm³/mol. The van der Waals surface area contributed by atoms with Crippen molar-refractivity contribution in [1.82, 2.24) is 36.0 Å². The number of primary amides is 1. The summed E-state index contributed by atoms with van der Waals surface area (Å²) in [5, 5.41) is 52.3. The van der Waals surface area contributed by atoms with E-state index >= 15 is 9.59 Å². The zero-order valence-electron chi connectivity index (χ0n) is 63.1. The number of nitrogens with one attached hydrogen (secondary N) is 5. The fourth-order valence-electron chi connectivity index (χ4n) is 14.7. The third-order valence-electron chi connectivity index (χ3n) is 20.6. The Bertz CT molecular complexity index is 3750. The number of amides is 8. The van der Waals surface area contributed by atoms with Gasteiger partial charge in [0, 0.05) is 94.3 Å². The number of fused-ring (bicyclic) bond motifs is 5. The van der Waals surface area contributed by atoms with Crippen molar-refractivity contribution in [3.8, 4) is 0 Å². The average Bonchev–Trinajstić information content (AvgIpc) is 0.670. The number of nitrogens with two attached hydrogens (primary N) is 1. The Balaban J connectivity index is 1.09. The third kappa shape index (κ3) is 19.6. The first-order valence-corrected chi connectivity index (χ1v) is 35.6. The van der Waals surface area contributed by atoms with Crippen molar-refractivity contribution in [2.75, 3.05) is 65.8 Å². The molecule has 7 rings (SSSR count). The van der Waals surface area contributed by atoms with Crippen molar-refractivity contribution in [1.29, 1.82) is 0 Å². The molecule has 30 heteroatoms. The highest BCUT2D eigenvalue weighted by molar-refractivity contribution is 5.99. The summed E-state index contributed by atoms with van der Waals surface area (Å²) in [5.74, 6) is -8.88. The number of carbonyl (C=O) groups excluding carboxylic acids is 12. The smallest absolute Gasteiger partial charge is 0.410 e. The molecule has 1 saturated heterocycles. The standard InChI is InChI=1S/C76H105N9O21/c1-42(2)53(88)38-83(13)39-57(90)81-59(43(3)4)66(94)80-51(27-22-32-78-68(77)96)65(93)79-49-30-28-46(29-31-49)40-101-70(98)84(14)33-34-85(15)71(99)104-62(60(48-25-20-17-21-26-48)82-69(97)106-72(7,8)9)67(95)103-54-37-76(100)50(35-52(87)47-23-18-16-19-24-47)63-74(12,64(92)61(91)58(44(54)5)73(76,10)11)55(89)36-56-75(63,41-102-56)105-45(6)86/h16-21,23-26,28-31,42-43,50-51,54-56,59-63,89,91,100H,22,27,32-41H2,1-15H3,(H,79,93)(H,80,94)(H,81,90)(H,82,97)(H3,77,78,96)/t50-,51-,54-,55-,56+,59-,60-,61+,62+,63-,74+,75-,76+/m0/s1. The van der Waals surface area contributed by atoms with E-state index in [4.69, 9.17) is 34.2 Å². The first-order chi connectivity index (χ1) is 49.6. The SMILES string of the molecule is CC(=O)O[C@@]12CO[C@@H]1C[C@H](O)[C@@]1(C)C(=O)[C@H](O)C3=C(C)[C@@H](OC(=O)[C@H](OC(=O)N(C)CCN(C)C(=O)OCc4ccc(NC(=O)[C@H](CCCNC(N)=O)NC(=O)[C@@H](NC(=O)CN(C)CC(=O)C(C)C)C(C)C)cc4)[C@@H](NC(=O)OC(C)(C)C)c4ccccc4)C[C@@](O)([C@@H](CC(=O)c4ccccc4)[C@H]21)C3(C)C. The van der Waals surface area contributed by atoms with Gasteiger partial charge in [-0.3, -0.25) is 38.5 Å². The summed E-state index contributed by atoms with van der Waals surface area (Å²) in [6.45, 7) is 18.0. The number of hydrogen-bond acceptors (Lipinski definition) is 22. The molecule has 8 amide bonds. The van der Waals surface area contributed by atoms with Gasteiger partial charge >= 0.3 is 36.2 Å². The predicted octanol–water partition coefficient (Wildman–Crippen LogP) is 5.44. The number of anilines is 1. The monoisotopic (exact) mass is 1480 g/mol. The topological polar surface area (TPSA) is 417 Å². The van der Waals surface area contributed by atoms with Gasteiger partial charge in [0.25, 0.3) is 0 Å². The summed E-state index contributed by atoms with van der Waals surface area (Å²) in [4.78, 5) is 169. The molecule has 10 N–H and O–H groups in total. The molecule has 1 aliphatic heterocycles. The van der Waals surface area contributed by atoms with Crippen LogP contribution in [0.5, 0.6) is 0 Å². The molecule has 580 valence electrons. The Morgan fingerprint density at radius 2 is 1.41 bits per heavy atom. The maximum atomic E-state index is 15.5. The van der Waals surface area contributed by atoms with Gasteiger partial charge < -0.3 is 85.9 Å². The lowest BCUT2D eigenvalue weighted by molar-refractivity contribution is -0.339. The van der Waals surface area contributed by atoms with Gasteiger partial charge in [0.2, 0.25) is 23.8 Å². The van der Waals surface area contributed by atoms with E-state index in [1.165, 1.54) is 45.0 Å². The summed E-state index contributed by atoms with van der Waals surface area (Å²) in [6.07, 6.45) is -12.4. The van der Waals surface area contributed by atoms with Gasteiger partial charge in [-0.25, -0.2) is 24.0 Å². The van der Waals surface area contributed by atoms with Gasteiger partial charge in [0.05, 0.1) is 36.8 Å². The zero-order valence-corrected chi connectivity index (χ0v) is 63.1. The maximum absolute atomic E-state index is 15.5. The van der Waals surface area contributed by atoms with Crippen LogP contribution in [0.1, 0.15) is 143 Å². The van der Waals surface area contributed by atoms with Gasteiger partial charge in [-0.2, -0.15) is 0 Å². The molecule has 0 spiro atoms. The first kappa shape index (κ1) is 83.9. The number of likely N-dealkylation sites (N-methyl/N-ethyl adjacent to an activating group) is 3. The Labute approximate surface area is 617 Å². The number of carbonyl (C=O) groups is 12. The number of alkyl carbamates (subject to hydrolysis) is 1. The molecule has 2 bridgehead atoms. The summed E-state index contributed by atoms with van der Waals surface area (Å²) >= 11 is 0. The number of rotatable bonds is 30. The van der Waals surface area contributed by atoms with Crippen molar-refractivity contribution in [2.24, 2.45) is 40.2 Å². The summed E-state index contributed by atoms with van der Waals surface area (Å²) < 4.78 is 35.9. The molecular formula is C76H105N9O21. The second-order valence-electron chi connectivity index (χ2n) is 30.5. The van der Waals surface area contributed by atoms with E-state index in [0.717, 1.165) is 16.7 Å². The van der Waals surface area contributed by atoms with Gasteiger partial charge in [0.15, 0.2) is 17.2 Å². The van der Waals surface area contributed by atoms with E-state index in [1.54, 1.807) is 142 Å². The lowest BCUT2D eigenvalue weighted by Crippen LogP contribution is -2.80. The van der Waals surface area contributed by atoms with Crippen LogP contribution in [0.4, 0.5) is 24.9 Å². The van der Waals surface area contributed by atoms with Crippen molar-refractivity contribution in [3.63, 3.8) is 0 Å². The highest BCUT2D eigenvalue weighted by atomic mass is 16.6. The molecule has 30 nitrogen and oxygen atoms in total. The average molecular weight is 1480 g/mol. The van der Waals surface area contributed by atoms with Crippen LogP contribution >= 0.6 is 0 Å². The van der Waals surface area contributed by atoms with E-state index in [0.29, 0.717) is 11.3 Å². The largest absolute Gasteiger partial charge is 0.455 e. The number of esters is 2. The number of benzene rings is 3. The van der Waals surface area contributed by atoms with Crippen LogP contribution in [0.3, 0.4) is 0 Å². The van der Waals surface area contributed by atoms with Crippen LogP contribution in [0, 0.1) is 34.5 Å². The lowest BCUT2D eigenvalue weighted by atomic mass is 9.42. The number of aliphatic hydroxyl groups excluding tert-OH is 2. The number of urea groups is 1. The molecule has 1 heterocycles. The molecule has 0 unspecified atom stereocenters. The zero-order chi connectivity index (χ0) is 78.7. The minimum atomic E-state index is -2.31. The van der Waals surface area contributed by atoms with Crippen LogP contribution in [-0.2, 0) is 68.6 Å². The van der Waals surface area contributed by atoms with Gasteiger partial charge in [0.1, 0.15) is 54.4 Å². The van der Waals surface area contributed by atoms with Gasteiger partial charge in [-0.15, -0.1) is 0 Å². The van der Waals surface area contributed by atoms with Gasteiger partial charge in [-0.05, 0) is 94.8 Å². The minimum absolute atomic E-state index is 0.0320. The molecule has 3 aromatic rings. The highest BCUT2D eigenvalue weighted by Gasteiger charge is 2.77. The third-order valence-corrected chi connectivity index (χ3v) is 20.6. The molecule has 3 fully saturated rings. The molecule has 2 saturated carbocycles. The first-order valence-electron chi connectivity index (χ1n) is 35.6. The summed E-state index contributed by atoms with van der Waals surface area (Å²) in [6, 6.07) is 17.7. The molecule has 0 radical (unpaired) electrons. The second kappa shape index (κ2) is 34.9. The van der Waals surface area contributed by atoms with Gasteiger partial charge in [-0.1, -0.05) is 114 Å².